The van der Waals surface area contributed by atoms with Crippen molar-refractivity contribution in [3.05, 3.63) is 64.2 Å². The normalized spacial score (nSPS) is 13.8. The predicted octanol–water partition coefficient (Wildman–Crippen LogP) is 4.98. The second-order valence-corrected chi connectivity index (χ2v) is 7.58. The molecular formula is C20H15ClFN3O2S. The number of thiazole rings is 1. The summed E-state index contributed by atoms with van der Waals surface area (Å²) >= 11 is 7.50. The number of hydrogen-bond donors (Lipinski definition) is 1. The summed E-state index contributed by atoms with van der Waals surface area (Å²) in [6, 6.07) is 10.8. The lowest BCUT2D eigenvalue weighted by atomic mass is 10.1. The number of anilines is 2. The zero-order valence-electron chi connectivity index (χ0n) is 14.6. The Morgan fingerprint density at radius 2 is 2.00 bits per heavy atom. The van der Waals surface area contributed by atoms with Crippen LogP contribution in [0.5, 0.6) is 0 Å². The Kier molecular flexibility index (Phi) is 5.11. The van der Waals surface area contributed by atoms with Crippen molar-refractivity contribution in [2.45, 2.75) is 12.8 Å². The summed E-state index contributed by atoms with van der Waals surface area (Å²) in [6.45, 7) is 0.594. The van der Waals surface area contributed by atoms with Gasteiger partial charge in [-0.15, -0.1) is 11.3 Å². The van der Waals surface area contributed by atoms with Gasteiger partial charge in [-0.1, -0.05) is 11.6 Å². The quantitative estimate of drug-likeness (QED) is 0.653. The minimum atomic E-state index is -0.343. The van der Waals surface area contributed by atoms with E-state index in [0.717, 1.165) is 12.0 Å². The topological polar surface area (TPSA) is 62.3 Å². The number of hydrogen-bond acceptors (Lipinski definition) is 4. The van der Waals surface area contributed by atoms with Crippen LogP contribution in [0.25, 0.3) is 11.3 Å². The van der Waals surface area contributed by atoms with Gasteiger partial charge in [-0.05, 0) is 48.9 Å². The van der Waals surface area contributed by atoms with Gasteiger partial charge in [0, 0.05) is 29.5 Å². The van der Waals surface area contributed by atoms with E-state index >= 15 is 0 Å². The molecule has 3 aromatic rings. The second kappa shape index (κ2) is 7.69. The molecule has 1 N–H and O–H groups in total. The van der Waals surface area contributed by atoms with Crippen molar-refractivity contribution in [3.8, 4) is 11.3 Å². The van der Waals surface area contributed by atoms with Crippen LogP contribution < -0.4 is 10.2 Å². The molecule has 28 heavy (non-hydrogen) atoms. The van der Waals surface area contributed by atoms with E-state index in [-0.39, 0.29) is 17.6 Å². The molecule has 0 radical (unpaired) electrons. The molecule has 8 heteroatoms. The van der Waals surface area contributed by atoms with Crippen molar-refractivity contribution < 1.29 is 14.0 Å². The molecule has 4 rings (SSSR count). The monoisotopic (exact) mass is 415 g/mol. The maximum absolute atomic E-state index is 13.1. The third kappa shape index (κ3) is 3.76. The summed E-state index contributed by atoms with van der Waals surface area (Å²) in [4.78, 5) is 30.6. The molecule has 0 spiro atoms. The van der Waals surface area contributed by atoms with E-state index in [1.54, 1.807) is 40.6 Å². The number of aromatic nitrogens is 1. The maximum Gasteiger partial charge on any atom is 0.257 e. The molecule has 0 aliphatic carbocycles. The summed E-state index contributed by atoms with van der Waals surface area (Å²) in [5.41, 5.74) is 2.35. The van der Waals surface area contributed by atoms with Gasteiger partial charge in [0.2, 0.25) is 5.91 Å². The number of carbonyl (C=O) groups excluding carboxylic acids is 2. The molecule has 5 nitrogen and oxygen atoms in total. The Morgan fingerprint density at radius 1 is 1.21 bits per heavy atom. The fraction of sp³-hybridized carbons (Fsp3) is 0.150. The smallest absolute Gasteiger partial charge is 0.257 e. The molecule has 142 valence electrons. The predicted molar refractivity (Wildman–Crippen MR) is 109 cm³/mol. The highest BCUT2D eigenvalue weighted by atomic mass is 35.5. The molecule has 0 bridgehead atoms. The van der Waals surface area contributed by atoms with Gasteiger partial charge in [0.25, 0.3) is 5.91 Å². The SMILES string of the molecule is O=C(Nc1nc(-c2ccc(F)cc2)cs1)c1ccc(Cl)c(N2CCCC2=O)c1. The molecule has 2 heterocycles. The Labute approximate surface area is 169 Å². The Morgan fingerprint density at radius 3 is 2.71 bits per heavy atom. The van der Waals surface area contributed by atoms with Crippen molar-refractivity contribution in [1.29, 1.82) is 0 Å². The number of halogens is 2. The van der Waals surface area contributed by atoms with Crippen molar-refractivity contribution in [2.75, 3.05) is 16.8 Å². The first-order chi connectivity index (χ1) is 13.5. The zero-order valence-corrected chi connectivity index (χ0v) is 16.2. The summed E-state index contributed by atoms with van der Waals surface area (Å²) in [6.07, 6.45) is 1.26. The standard InChI is InChI=1S/C20H15ClFN3O2S/c21-15-8-5-13(10-17(15)25-9-1-2-18(25)26)19(27)24-20-23-16(11-28-20)12-3-6-14(22)7-4-12/h3-8,10-11H,1-2,9H2,(H,23,24,27). The molecule has 1 aliphatic heterocycles. The van der Waals surface area contributed by atoms with Gasteiger partial charge in [0.1, 0.15) is 5.82 Å². The minimum absolute atomic E-state index is 0.00308. The Hall–Kier alpha value is -2.77. The number of nitrogens with zero attached hydrogens (tertiary/aromatic N) is 2. The highest BCUT2D eigenvalue weighted by molar-refractivity contribution is 7.14. The minimum Gasteiger partial charge on any atom is -0.311 e. The number of benzene rings is 2. The second-order valence-electron chi connectivity index (χ2n) is 6.31. The molecule has 0 saturated carbocycles. The Balaban J connectivity index is 1.53. The molecule has 0 unspecified atom stereocenters. The zero-order chi connectivity index (χ0) is 19.7. The van der Waals surface area contributed by atoms with E-state index in [4.69, 9.17) is 11.6 Å². The lowest BCUT2D eigenvalue weighted by Crippen LogP contribution is -2.24. The fourth-order valence-corrected chi connectivity index (χ4v) is 3.95. The summed E-state index contributed by atoms with van der Waals surface area (Å²) in [5, 5.41) is 5.41. The highest BCUT2D eigenvalue weighted by Crippen LogP contribution is 2.31. The summed E-state index contributed by atoms with van der Waals surface area (Å²) in [7, 11) is 0. The van der Waals surface area contributed by atoms with Gasteiger partial charge in [-0.25, -0.2) is 9.37 Å². The van der Waals surface area contributed by atoms with Crippen LogP contribution in [0.1, 0.15) is 23.2 Å². The van der Waals surface area contributed by atoms with Crippen LogP contribution in [0, 0.1) is 5.82 Å². The van der Waals surface area contributed by atoms with Gasteiger partial charge in [0.05, 0.1) is 16.4 Å². The van der Waals surface area contributed by atoms with Crippen LogP contribution in [-0.4, -0.2) is 23.3 Å². The van der Waals surface area contributed by atoms with Gasteiger partial charge in [-0.2, -0.15) is 0 Å². The number of amides is 2. The lowest BCUT2D eigenvalue weighted by molar-refractivity contribution is -0.117. The van der Waals surface area contributed by atoms with Gasteiger partial charge >= 0.3 is 0 Å². The van der Waals surface area contributed by atoms with E-state index in [9.17, 15) is 14.0 Å². The third-order valence-corrected chi connectivity index (χ3v) is 5.51. The molecule has 1 aliphatic rings. The third-order valence-electron chi connectivity index (χ3n) is 4.44. The van der Waals surface area contributed by atoms with Crippen LogP contribution in [0.4, 0.5) is 15.2 Å². The number of carbonyl (C=O) groups is 2. The number of nitrogens with one attached hydrogen (secondary N) is 1. The van der Waals surface area contributed by atoms with Crippen molar-refractivity contribution >= 4 is 45.6 Å². The number of rotatable bonds is 4. The highest BCUT2D eigenvalue weighted by Gasteiger charge is 2.24. The van der Waals surface area contributed by atoms with Gasteiger partial charge in [-0.3, -0.25) is 14.9 Å². The van der Waals surface area contributed by atoms with Crippen molar-refractivity contribution in [2.24, 2.45) is 0 Å². The van der Waals surface area contributed by atoms with Crippen molar-refractivity contribution in [3.63, 3.8) is 0 Å². The molecular weight excluding hydrogens is 401 g/mol. The van der Waals surface area contributed by atoms with E-state index in [2.05, 4.69) is 10.3 Å². The maximum atomic E-state index is 13.1. The van der Waals surface area contributed by atoms with Crippen LogP contribution >= 0.6 is 22.9 Å². The first-order valence-electron chi connectivity index (χ1n) is 8.64. The lowest BCUT2D eigenvalue weighted by Gasteiger charge is -2.18. The first-order valence-corrected chi connectivity index (χ1v) is 9.90. The van der Waals surface area contributed by atoms with Gasteiger partial charge < -0.3 is 4.90 Å². The van der Waals surface area contributed by atoms with Gasteiger partial charge in [0.15, 0.2) is 5.13 Å². The van der Waals surface area contributed by atoms with E-state index in [0.29, 0.717) is 40.1 Å². The molecule has 2 aromatic carbocycles. The Bertz CT molecular complexity index is 1050. The van der Waals surface area contributed by atoms with Crippen LogP contribution in [-0.2, 0) is 4.79 Å². The molecule has 1 fully saturated rings. The van der Waals surface area contributed by atoms with Crippen molar-refractivity contribution in [1.82, 2.24) is 4.98 Å². The van der Waals surface area contributed by atoms with Crippen LogP contribution in [0.2, 0.25) is 5.02 Å². The summed E-state index contributed by atoms with van der Waals surface area (Å²) in [5.74, 6) is -0.657. The van der Waals surface area contributed by atoms with Crippen LogP contribution in [0.3, 0.4) is 0 Å². The van der Waals surface area contributed by atoms with E-state index < -0.39 is 0 Å². The molecule has 1 aromatic heterocycles. The van der Waals surface area contributed by atoms with E-state index in [1.165, 1.54) is 23.5 Å². The average Bonchev–Trinajstić information content (AvgIpc) is 3.32. The fourth-order valence-electron chi connectivity index (χ4n) is 3.02. The molecule has 2 amide bonds. The largest absolute Gasteiger partial charge is 0.311 e. The average molecular weight is 416 g/mol. The van der Waals surface area contributed by atoms with E-state index in [1.807, 2.05) is 0 Å². The summed E-state index contributed by atoms with van der Waals surface area (Å²) < 4.78 is 13.1. The molecule has 1 saturated heterocycles. The first kappa shape index (κ1) is 18.6. The van der Waals surface area contributed by atoms with Crippen LogP contribution in [0.15, 0.2) is 47.8 Å². The molecule has 0 atom stereocenters.